The Morgan fingerprint density at radius 3 is 2.52 bits per heavy atom. The summed E-state index contributed by atoms with van der Waals surface area (Å²) >= 11 is 0. The van der Waals surface area contributed by atoms with Gasteiger partial charge in [-0.2, -0.15) is 0 Å². The summed E-state index contributed by atoms with van der Waals surface area (Å²) < 4.78 is 19.6. The maximum absolute atomic E-state index is 12.9. The molecule has 0 aromatic rings. The van der Waals surface area contributed by atoms with Gasteiger partial charge in [0.1, 0.15) is 6.29 Å². The van der Waals surface area contributed by atoms with Crippen molar-refractivity contribution in [2.24, 2.45) is 56.7 Å². The monoisotopic (exact) mass is 611 g/mol. The molecule has 0 aromatic carbocycles. The highest BCUT2D eigenvalue weighted by molar-refractivity contribution is 5.76. The smallest absolute Gasteiger partial charge is 0.223 e. The Bertz CT molecular complexity index is 1190. The molecule has 7 heteroatoms. The minimum atomic E-state index is -0.479. The minimum absolute atomic E-state index is 0.0278. The molecule has 2 saturated heterocycles. The number of aldehydes is 1. The van der Waals surface area contributed by atoms with E-state index in [1.165, 1.54) is 51.4 Å². The van der Waals surface area contributed by atoms with Crippen molar-refractivity contribution in [1.82, 2.24) is 4.90 Å². The highest BCUT2D eigenvalue weighted by atomic mass is 16.7. The van der Waals surface area contributed by atoms with Crippen LogP contribution in [0.4, 0.5) is 0 Å². The maximum Gasteiger partial charge on any atom is 0.223 e. The van der Waals surface area contributed by atoms with E-state index in [4.69, 9.17) is 14.2 Å². The van der Waals surface area contributed by atoms with Crippen molar-refractivity contribution in [1.29, 1.82) is 0 Å². The second-order valence-electron chi connectivity index (χ2n) is 18.0. The highest BCUT2D eigenvalue weighted by Gasteiger charge is 2.84. The van der Waals surface area contributed by atoms with Gasteiger partial charge >= 0.3 is 0 Å². The van der Waals surface area contributed by atoms with Crippen LogP contribution in [0.1, 0.15) is 112 Å². The Morgan fingerprint density at radius 1 is 1.02 bits per heavy atom. The van der Waals surface area contributed by atoms with E-state index in [2.05, 4.69) is 34.6 Å². The molecule has 246 valence electrons. The molecule has 7 nitrogen and oxygen atoms in total. The van der Waals surface area contributed by atoms with Gasteiger partial charge < -0.3 is 29.0 Å². The molecule has 8 rings (SSSR count). The molecule has 2 spiro atoms. The fraction of sp³-hybridized carbons (Fsp3) is 0.946. The Morgan fingerprint density at radius 2 is 1.77 bits per heavy atom. The number of nitrogens with zero attached hydrogens (tertiary/aromatic N) is 1. The van der Waals surface area contributed by atoms with Crippen LogP contribution in [0.25, 0.3) is 0 Å². The summed E-state index contributed by atoms with van der Waals surface area (Å²) in [6.45, 7) is 14.0. The number of carbonyl (C=O) groups excluding carboxylic acids is 2. The second-order valence-corrected chi connectivity index (χ2v) is 18.0. The van der Waals surface area contributed by atoms with Gasteiger partial charge in [0.25, 0.3) is 0 Å². The molecule has 2 unspecified atom stereocenters. The Balaban J connectivity index is 1.01. The number of ether oxygens (including phenoxy) is 3. The average Bonchev–Trinajstić information content (AvgIpc) is 3.90. The van der Waals surface area contributed by atoms with Crippen molar-refractivity contribution < 1.29 is 28.9 Å². The number of morpholine rings is 1. The van der Waals surface area contributed by atoms with Crippen molar-refractivity contribution in [2.45, 2.75) is 142 Å². The number of aliphatic hydroxyl groups excluding tert-OH is 1. The van der Waals surface area contributed by atoms with Gasteiger partial charge in [-0.25, -0.2) is 0 Å². The van der Waals surface area contributed by atoms with Crippen LogP contribution in [0, 0.1) is 56.7 Å². The Hall–Kier alpha value is -1.02. The third-order valence-corrected chi connectivity index (χ3v) is 16.0. The summed E-state index contributed by atoms with van der Waals surface area (Å²) in [4.78, 5) is 26.2. The zero-order chi connectivity index (χ0) is 30.9. The largest absolute Gasteiger partial charge is 0.390 e. The normalized spacial score (nSPS) is 53.9. The van der Waals surface area contributed by atoms with Gasteiger partial charge in [0.2, 0.25) is 5.91 Å². The number of amides is 1. The summed E-state index contributed by atoms with van der Waals surface area (Å²) in [5.41, 5.74) is 0.540. The van der Waals surface area contributed by atoms with Gasteiger partial charge in [0, 0.05) is 24.8 Å². The lowest BCUT2D eigenvalue weighted by Gasteiger charge is -2.64. The highest BCUT2D eigenvalue weighted by Crippen LogP contribution is 2.89. The first kappa shape index (κ1) is 30.3. The maximum atomic E-state index is 12.9. The van der Waals surface area contributed by atoms with Gasteiger partial charge in [-0.1, -0.05) is 34.6 Å². The third-order valence-electron chi connectivity index (χ3n) is 16.0. The first-order chi connectivity index (χ1) is 20.9. The van der Waals surface area contributed by atoms with Crippen LogP contribution in [0.5, 0.6) is 0 Å². The molecule has 44 heavy (non-hydrogen) atoms. The van der Waals surface area contributed by atoms with E-state index in [9.17, 15) is 14.7 Å². The average molecular weight is 612 g/mol. The zero-order valence-corrected chi connectivity index (χ0v) is 27.9. The SMILES string of the molecule is C[C@@H]1C[C@H](CC=O)O[C@H]2[C@H]1[C@@]1(C)CC[C@@]34CC35CCC(O[C@H]3CN(C(=O)CC6CC6)CCO3)C(C)(C)[C@@H]5CC[C@H]4[C@]1(C)[C@H]2O. The van der Waals surface area contributed by atoms with E-state index in [0.29, 0.717) is 73.0 Å². The molecule has 0 radical (unpaired) electrons. The molecule has 0 bridgehead atoms. The lowest BCUT2D eigenvalue weighted by molar-refractivity contribution is -0.248. The molecule has 2 aliphatic heterocycles. The summed E-state index contributed by atoms with van der Waals surface area (Å²) in [5, 5.41) is 12.3. The molecule has 13 atom stereocenters. The first-order valence-corrected chi connectivity index (χ1v) is 18.2. The second kappa shape index (κ2) is 10.00. The van der Waals surface area contributed by atoms with E-state index in [1.807, 2.05) is 4.90 Å². The van der Waals surface area contributed by atoms with Crippen LogP contribution in [-0.2, 0) is 23.8 Å². The fourth-order valence-corrected chi connectivity index (χ4v) is 13.7. The predicted octanol–water partition coefficient (Wildman–Crippen LogP) is 5.76. The molecule has 8 aliphatic rings. The predicted molar refractivity (Wildman–Crippen MR) is 165 cm³/mol. The van der Waals surface area contributed by atoms with E-state index >= 15 is 0 Å². The summed E-state index contributed by atoms with van der Waals surface area (Å²) in [6.07, 6.45) is 12.9. The first-order valence-electron chi connectivity index (χ1n) is 18.2. The molecular formula is C37H57NO6. The Kier molecular flexibility index (Phi) is 6.89. The van der Waals surface area contributed by atoms with Gasteiger partial charge in [0.05, 0.1) is 37.6 Å². The van der Waals surface area contributed by atoms with Crippen LogP contribution in [-0.4, -0.2) is 72.6 Å². The van der Waals surface area contributed by atoms with Gasteiger partial charge in [-0.3, -0.25) is 4.79 Å². The van der Waals surface area contributed by atoms with E-state index < -0.39 is 6.10 Å². The molecular weight excluding hydrogens is 554 g/mol. The number of rotatable bonds is 6. The minimum Gasteiger partial charge on any atom is -0.390 e. The summed E-state index contributed by atoms with van der Waals surface area (Å²) in [7, 11) is 0. The number of fused-ring (bicyclic) bond motifs is 4. The summed E-state index contributed by atoms with van der Waals surface area (Å²) in [6, 6.07) is 0. The van der Waals surface area contributed by atoms with Crippen LogP contribution in [0.15, 0.2) is 0 Å². The topological polar surface area (TPSA) is 85.3 Å². The van der Waals surface area contributed by atoms with Crippen molar-refractivity contribution in [3.8, 4) is 0 Å². The molecule has 1 amide bonds. The van der Waals surface area contributed by atoms with Crippen molar-refractivity contribution in [3.05, 3.63) is 0 Å². The van der Waals surface area contributed by atoms with E-state index in [1.54, 1.807) is 0 Å². The van der Waals surface area contributed by atoms with E-state index in [-0.39, 0.29) is 46.8 Å². The van der Waals surface area contributed by atoms with Crippen LogP contribution < -0.4 is 0 Å². The number of hydrogen-bond acceptors (Lipinski definition) is 6. The third kappa shape index (κ3) is 3.94. The zero-order valence-electron chi connectivity index (χ0n) is 27.9. The van der Waals surface area contributed by atoms with Crippen LogP contribution in [0.2, 0.25) is 0 Å². The molecule has 6 aliphatic carbocycles. The fourth-order valence-electron chi connectivity index (χ4n) is 13.7. The lowest BCUT2D eigenvalue weighted by atomic mass is 9.41. The lowest BCUT2D eigenvalue weighted by Crippen LogP contribution is -2.60. The van der Waals surface area contributed by atoms with E-state index in [0.717, 1.165) is 19.1 Å². The Labute approximate surface area is 264 Å². The number of aliphatic hydroxyl groups is 1. The van der Waals surface area contributed by atoms with Gasteiger partial charge in [-0.05, 0) is 115 Å². The quantitative estimate of drug-likeness (QED) is 0.385. The molecule has 1 N–H and O–H groups in total. The van der Waals surface area contributed by atoms with Gasteiger partial charge in [0.15, 0.2) is 6.29 Å². The standard InChI is InChI=1S/C37H57NO6/c1-22-18-24(11-16-39)43-31-30(22)34(4)13-14-37-21-36(37)12-10-27(33(2,3)25(36)8-9-26(37)35(34,5)32(31)41)44-29-20-38(15-17-42-29)28(40)19-23-6-7-23/h16,22-27,29-32,41H,6-15,17-21H2,1-5H3/t22-,24+,25+,26+,27?,29+,30+,31+,32+,34-,35-,36?,37+/m1/s1. The molecule has 6 saturated carbocycles. The number of hydrogen-bond donors (Lipinski definition) is 1. The van der Waals surface area contributed by atoms with Crippen molar-refractivity contribution >= 4 is 12.2 Å². The van der Waals surface area contributed by atoms with Gasteiger partial charge in [-0.15, -0.1) is 0 Å². The summed E-state index contributed by atoms with van der Waals surface area (Å²) in [5.74, 6) is 2.78. The molecule has 2 heterocycles. The van der Waals surface area contributed by atoms with Crippen LogP contribution in [0.3, 0.4) is 0 Å². The number of carbonyl (C=O) groups is 2. The van der Waals surface area contributed by atoms with Crippen molar-refractivity contribution in [2.75, 3.05) is 19.7 Å². The molecule has 8 fully saturated rings. The molecule has 0 aromatic heterocycles. The van der Waals surface area contributed by atoms with Crippen molar-refractivity contribution in [3.63, 3.8) is 0 Å². The van der Waals surface area contributed by atoms with Crippen LogP contribution >= 0.6 is 0 Å².